The third-order valence-corrected chi connectivity index (χ3v) is 4.67. The van der Waals surface area contributed by atoms with Gasteiger partial charge in [-0.15, -0.1) is 0 Å². The molecule has 0 bridgehead atoms. The fraction of sp³-hybridized carbons (Fsp3) is 0.684. The van der Waals surface area contributed by atoms with E-state index in [9.17, 15) is 39.0 Å². The second-order valence-corrected chi connectivity index (χ2v) is 7.68. The summed E-state index contributed by atoms with van der Waals surface area (Å²) in [4.78, 5) is 70.8. The van der Waals surface area contributed by atoms with Gasteiger partial charge in [0.05, 0.1) is 18.6 Å². The minimum absolute atomic E-state index is 0.267. The zero-order valence-electron chi connectivity index (χ0n) is 18.9. The molecule has 0 aromatic carbocycles. The molecule has 0 aliphatic carbocycles. The van der Waals surface area contributed by atoms with Crippen molar-refractivity contribution in [3.63, 3.8) is 0 Å². The average Bonchev–Trinajstić information content (AvgIpc) is 2.72. The Bertz CT molecular complexity index is 746. The highest BCUT2D eigenvalue weighted by Crippen LogP contribution is 2.04. The van der Waals surface area contributed by atoms with E-state index in [4.69, 9.17) is 22.3 Å². The van der Waals surface area contributed by atoms with E-state index >= 15 is 0 Å². The number of aliphatic hydroxyl groups is 1. The van der Waals surface area contributed by atoms with Crippen LogP contribution < -0.4 is 33.2 Å². The van der Waals surface area contributed by atoms with E-state index in [1.165, 1.54) is 6.92 Å². The van der Waals surface area contributed by atoms with Crippen molar-refractivity contribution in [2.45, 2.75) is 75.7 Å². The normalized spacial score (nSPS) is 15.2. The van der Waals surface area contributed by atoms with Gasteiger partial charge in [0, 0.05) is 6.42 Å². The van der Waals surface area contributed by atoms with E-state index in [0.717, 1.165) is 0 Å². The summed E-state index contributed by atoms with van der Waals surface area (Å²) in [5.41, 5.74) is 16.1. The molecular formula is C19H34N6O9. The van der Waals surface area contributed by atoms with Gasteiger partial charge in [-0.2, -0.15) is 0 Å². The number of nitrogens with two attached hydrogens (primary N) is 3. The van der Waals surface area contributed by atoms with Crippen molar-refractivity contribution in [3.05, 3.63) is 0 Å². The van der Waals surface area contributed by atoms with Gasteiger partial charge in [-0.05, 0) is 32.7 Å². The highest BCUT2D eigenvalue weighted by molar-refractivity contribution is 5.95. The van der Waals surface area contributed by atoms with E-state index in [1.807, 2.05) is 5.32 Å². The highest BCUT2D eigenvalue weighted by atomic mass is 16.4. The van der Waals surface area contributed by atoms with Gasteiger partial charge in [0.2, 0.25) is 23.6 Å². The monoisotopic (exact) mass is 490 g/mol. The Kier molecular flexibility index (Phi) is 14.0. The van der Waals surface area contributed by atoms with Crippen LogP contribution in [0.5, 0.6) is 0 Å². The van der Waals surface area contributed by atoms with Gasteiger partial charge < -0.3 is 48.5 Å². The van der Waals surface area contributed by atoms with Crippen LogP contribution in [0.25, 0.3) is 0 Å². The summed E-state index contributed by atoms with van der Waals surface area (Å²) in [5.74, 6) is -6.83. The highest BCUT2D eigenvalue weighted by Gasteiger charge is 2.33. The molecule has 0 aromatic rings. The van der Waals surface area contributed by atoms with Crippen LogP contribution in [0.4, 0.5) is 0 Å². The lowest BCUT2D eigenvalue weighted by Crippen LogP contribution is -2.60. The molecule has 0 aliphatic heterocycles. The van der Waals surface area contributed by atoms with E-state index in [2.05, 4.69) is 10.6 Å². The van der Waals surface area contributed by atoms with Crippen LogP contribution in [0.15, 0.2) is 0 Å². The summed E-state index contributed by atoms with van der Waals surface area (Å²) in [5, 5.41) is 34.6. The van der Waals surface area contributed by atoms with Crippen LogP contribution in [-0.2, 0) is 28.8 Å². The molecule has 0 radical (unpaired) electrons. The zero-order valence-corrected chi connectivity index (χ0v) is 18.9. The molecule has 0 fully saturated rings. The maximum atomic E-state index is 12.6. The van der Waals surface area contributed by atoms with Gasteiger partial charge >= 0.3 is 11.9 Å². The van der Waals surface area contributed by atoms with Gasteiger partial charge in [-0.1, -0.05) is 6.42 Å². The third kappa shape index (κ3) is 12.1. The maximum absolute atomic E-state index is 12.6. The first kappa shape index (κ1) is 30.7. The molecule has 194 valence electrons. The van der Waals surface area contributed by atoms with Crippen LogP contribution in [0.3, 0.4) is 0 Å². The Balaban J connectivity index is 5.37. The Labute approximate surface area is 195 Å². The number of aliphatic carboxylic acids is 2. The van der Waals surface area contributed by atoms with E-state index in [0.29, 0.717) is 19.4 Å². The predicted molar refractivity (Wildman–Crippen MR) is 117 cm³/mol. The van der Waals surface area contributed by atoms with Crippen molar-refractivity contribution in [2.24, 2.45) is 17.2 Å². The molecule has 0 aliphatic rings. The van der Waals surface area contributed by atoms with Crippen LogP contribution >= 0.6 is 0 Å². The number of carbonyl (C=O) groups is 6. The van der Waals surface area contributed by atoms with Crippen LogP contribution in [0, 0.1) is 0 Å². The first-order chi connectivity index (χ1) is 15.8. The second kappa shape index (κ2) is 15.5. The molecule has 0 heterocycles. The first-order valence-electron chi connectivity index (χ1n) is 10.6. The van der Waals surface area contributed by atoms with Crippen molar-refractivity contribution in [1.82, 2.24) is 16.0 Å². The summed E-state index contributed by atoms with van der Waals surface area (Å²) in [6.07, 6.45) is -1.66. The predicted octanol–water partition coefficient (Wildman–Crippen LogP) is -3.90. The lowest BCUT2D eigenvalue weighted by atomic mass is 10.1. The van der Waals surface area contributed by atoms with Gasteiger partial charge in [0.25, 0.3) is 0 Å². The number of hydrogen-bond acceptors (Lipinski definition) is 9. The summed E-state index contributed by atoms with van der Waals surface area (Å²) in [6, 6.07) is -5.91. The SMILES string of the molecule is CC(O)C(NC(=O)C(N)CCCCN)C(=O)NC(CC(=O)O)C(=O)NC(CCC(N)=O)C(=O)O. The van der Waals surface area contributed by atoms with Gasteiger partial charge in [0.15, 0.2) is 0 Å². The Morgan fingerprint density at radius 1 is 0.853 bits per heavy atom. The molecule has 5 atom stereocenters. The van der Waals surface area contributed by atoms with Crippen LogP contribution in [0.1, 0.15) is 45.4 Å². The molecule has 0 aromatic heterocycles. The summed E-state index contributed by atoms with van der Waals surface area (Å²) in [7, 11) is 0. The molecule has 15 heteroatoms. The minimum atomic E-state index is -1.75. The lowest BCUT2D eigenvalue weighted by Gasteiger charge is -2.26. The molecule has 5 unspecified atom stereocenters. The quantitative estimate of drug-likeness (QED) is 0.0888. The molecular weight excluding hydrogens is 456 g/mol. The van der Waals surface area contributed by atoms with Crippen molar-refractivity contribution >= 4 is 35.6 Å². The van der Waals surface area contributed by atoms with E-state index in [1.54, 1.807) is 0 Å². The van der Waals surface area contributed by atoms with Crippen molar-refractivity contribution in [1.29, 1.82) is 0 Å². The summed E-state index contributed by atoms with van der Waals surface area (Å²) in [6.45, 7) is 1.59. The molecule has 34 heavy (non-hydrogen) atoms. The number of unbranched alkanes of at least 4 members (excludes halogenated alkanes) is 1. The molecule has 12 N–H and O–H groups in total. The number of hydrogen-bond donors (Lipinski definition) is 9. The maximum Gasteiger partial charge on any atom is 0.326 e. The lowest BCUT2D eigenvalue weighted by molar-refractivity contribution is -0.144. The third-order valence-electron chi connectivity index (χ3n) is 4.67. The van der Waals surface area contributed by atoms with Crippen molar-refractivity contribution in [3.8, 4) is 0 Å². The van der Waals surface area contributed by atoms with Crippen LogP contribution in [-0.4, -0.2) is 87.7 Å². The smallest absolute Gasteiger partial charge is 0.326 e. The molecule has 0 saturated heterocycles. The molecule has 0 rings (SSSR count). The topological polar surface area (TPSA) is 277 Å². The number of rotatable bonds is 17. The van der Waals surface area contributed by atoms with Gasteiger partial charge in [0.1, 0.15) is 18.1 Å². The molecule has 0 spiro atoms. The molecule has 15 nitrogen and oxygen atoms in total. The van der Waals surface area contributed by atoms with Gasteiger partial charge in [-0.3, -0.25) is 24.0 Å². The molecule has 0 saturated carbocycles. The standard InChI is InChI=1S/C19H34N6O9/c1-9(26)15(25-16(30)10(21)4-2-3-7-20)18(32)24-12(8-14(28)29)17(31)23-11(19(33)34)5-6-13(22)27/h9-12,15,26H,2-8,20-21H2,1H3,(H2,22,27)(H,23,31)(H,24,32)(H,25,30)(H,28,29)(H,33,34). The number of amides is 4. The Hall–Kier alpha value is -3.30. The second-order valence-electron chi connectivity index (χ2n) is 7.68. The fourth-order valence-corrected chi connectivity index (χ4v) is 2.77. The average molecular weight is 491 g/mol. The Morgan fingerprint density at radius 3 is 1.91 bits per heavy atom. The number of carbonyl (C=O) groups excluding carboxylic acids is 4. The van der Waals surface area contributed by atoms with Gasteiger partial charge in [-0.25, -0.2) is 4.79 Å². The summed E-state index contributed by atoms with van der Waals surface area (Å²) >= 11 is 0. The van der Waals surface area contributed by atoms with E-state index in [-0.39, 0.29) is 19.3 Å². The van der Waals surface area contributed by atoms with Crippen molar-refractivity contribution < 1.29 is 44.1 Å². The van der Waals surface area contributed by atoms with Crippen molar-refractivity contribution in [2.75, 3.05) is 6.54 Å². The first-order valence-corrected chi connectivity index (χ1v) is 10.6. The minimum Gasteiger partial charge on any atom is -0.481 e. The van der Waals surface area contributed by atoms with Crippen LogP contribution in [0.2, 0.25) is 0 Å². The number of carboxylic acid groups (broad SMARTS) is 2. The number of nitrogens with one attached hydrogen (secondary N) is 3. The Morgan fingerprint density at radius 2 is 1.44 bits per heavy atom. The molecule has 4 amide bonds. The number of primary amides is 1. The fourth-order valence-electron chi connectivity index (χ4n) is 2.77. The van der Waals surface area contributed by atoms with E-state index < -0.39 is 72.3 Å². The summed E-state index contributed by atoms with van der Waals surface area (Å²) < 4.78 is 0. The largest absolute Gasteiger partial charge is 0.481 e. The zero-order chi connectivity index (χ0) is 26.4. The number of carboxylic acids is 2. The number of aliphatic hydroxyl groups excluding tert-OH is 1.